The molecule has 0 unspecified atom stereocenters. The summed E-state index contributed by atoms with van der Waals surface area (Å²) >= 11 is 1.68. The molecule has 17 heavy (non-hydrogen) atoms. The van der Waals surface area contributed by atoms with Crippen LogP contribution in [-0.4, -0.2) is 35.5 Å². The molecule has 2 atom stereocenters. The van der Waals surface area contributed by atoms with E-state index in [1.807, 2.05) is 12.3 Å². The number of carbonyl (C=O) groups is 2. The number of aliphatic carboxylic acids is 1. The highest BCUT2D eigenvalue weighted by molar-refractivity contribution is 7.10. The van der Waals surface area contributed by atoms with E-state index in [0.717, 1.165) is 6.42 Å². The Balaban J connectivity index is 1.97. The first-order valence-corrected chi connectivity index (χ1v) is 6.39. The summed E-state index contributed by atoms with van der Waals surface area (Å²) in [5, 5.41) is 10.7. The Morgan fingerprint density at radius 3 is 2.82 bits per heavy atom. The molecule has 1 amide bonds. The predicted molar refractivity (Wildman–Crippen MR) is 65.2 cm³/mol. The number of nitrogens with zero attached hydrogens (tertiary/aromatic N) is 1. The molecule has 1 heterocycles. The zero-order valence-corrected chi connectivity index (χ0v) is 10.7. The van der Waals surface area contributed by atoms with Crippen molar-refractivity contribution >= 4 is 23.2 Å². The number of carboxylic acid groups (broad SMARTS) is 1. The highest BCUT2D eigenvalue weighted by Crippen LogP contribution is 2.51. The predicted octanol–water partition coefficient (Wildman–Crippen LogP) is 1.70. The number of thiophene rings is 1. The van der Waals surface area contributed by atoms with Crippen LogP contribution in [0.3, 0.4) is 0 Å². The maximum atomic E-state index is 11.9. The molecular weight excluding hydrogens is 238 g/mol. The summed E-state index contributed by atoms with van der Waals surface area (Å²) < 4.78 is 0. The van der Waals surface area contributed by atoms with Crippen LogP contribution in [-0.2, 0) is 9.59 Å². The SMILES string of the molecule is Cc1ccsc1[C@@H]1C[C@@H]1C(=O)N(C)CC(=O)O. The van der Waals surface area contributed by atoms with Crippen molar-refractivity contribution in [2.24, 2.45) is 5.92 Å². The zero-order chi connectivity index (χ0) is 12.6. The molecule has 5 heteroatoms. The van der Waals surface area contributed by atoms with Crippen LogP contribution in [0.15, 0.2) is 11.4 Å². The Hall–Kier alpha value is -1.36. The Bertz CT molecular complexity index is 454. The minimum atomic E-state index is -0.967. The lowest BCUT2D eigenvalue weighted by molar-refractivity contribution is -0.144. The number of amides is 1. The van der Waals surface area contributed by atoms with Crippen LogP contribution in [0.5, 0.6) is 0 Å². The number of hydrogen-bond acceptors (Lipinski definition) is 3. The van der Waals surface area contributed by atoms with Crippen molar-refractivity contribution in [1.29, 1.82) is 0 Å². The first-order chi connectivity index (χ1) is 8.00. The van der Waals surface area contributed by atoms with E-state index in [0.29, 0.717) is 5.92 Å². The van der Waals surface area contributed by atoms with E-state index in [1.54, 1.807) is 18.4 Å². The molecule has 0 radical (unpaired) electrons. The Labute approximate surface area is 104 Å². The van der Waals surface area contributed by atoms with Gasteiger partial charge in [0, 0.05) is 23.8 Å². The smallest absolute Gasteiger partial charge is 0.323 e. The number of hydrogen-bond donors (Lipinski definition) is 1. The molecule has 1 saturated carbocycles. The fraction of sp³-hybridized carbons (Fsp3) is 0.500. The number of rotatable bonds is 4. The van der Waals surface area contributed by atoms with Gasteiger partial charge in [-0.1, -0.05) is 0 Å². The summed E-state index contributed by atoms with van der Waals surface area (Å²) in [6, 6.07) is 2.06. The molecule has 4 nitrogen and oxygen atoms in total. The van der Waals surface area contributed by atoms with Crippen molar-refractivity contribution in [2.45, 2.75) is 19.3 Å². The summed E-state index contributed by atoms with van der Waals surface area (Å²) in [4.78, 5) is 25.0. The van der Waals surface area contributed by atoms with Crippen LogP contribution < -0.4 is 0 Å². The molecule has 1 aliphatic rings. The molecular formula is C12H15NO3S. The van der Waals surface area contributed by atoms with Crippen LogP contribution in [0, 0.1) is 12.8 Å². The lowest BCUT2D eigenvalue weighted by atomic mass is 10.2. The van der Waals surface area contributed by atoms with Gasteiger partial charge in [0.1, 0.15) is 6.54 Å². The average molecular weight is 253 g/mol. The third-order valence-electron chi connectivity index (χ3n) is 3.09. The van der Waals surface area contributed by atoms with Crippen LogP contribution >= 0.6 is 11.3 Å². The van der Waals surface area contributed by atoms with Gasteiger partial charge in [-0.25, -0.2) is 0 Å². The van der Waals surface area contributed by atoms with Gasteiger partial charge in [0.2, 0.25) is 5.91 Å². The van der Waals surface area contributed by atoms with Gasteiger partial charge in [-0.15, -0.1) is 11.3 Å². The fourth-order valence-electron chi connectivity index (χ4n) is 2.09. The minimum Gasteiger partial charge on any atom is -0.480 e. The van der Waals surface area contributed by atoms with Gasteiger partial charge >= 0.3 is 5.97 Å². The van der Waals surface area contributed by atoms with Crippen LogP contribution in [0.1, 0.15) is 22.8 Å². The molecule has 1 aliphatic carbocycles. The van der Waals surface area contributed by atoms with Crippen molar-refractivity contribution in [3.63, 3.8) is 0 Å². The van der Waals surface area contributed by atoms with E-state index >= 15 is 0 Å². The van der Waals surface area contributed by atoms with Crippen molar-refractivity contribution in [2.75, 3.05) is 13.6 Å². The molecule has 0 spiro atoms. The largest absolute Gasteiger partial charge is 0.480 e. The number of likely N-dealkylation sites (N-methyl/N-ethyl adjacent to an activating group) is 1. The molecule has 92 valence electrons. The van der Waals surface area contributed by atoms with Gasteiger partial charge in [0.25, 0.3) is 0 Å². The van der Waals surface area contributed by atoms with Gasteiger partial charge in [-0.2, -0.15) is 0 Å². The van der Waals surface area contributed by atoms with Gasteiger partial charge in [0.05, 0.1) is 0 Å². The first kappa shape index (κ1) is 12.1. The molecule has 2 rings (SSSR count). The molecule has 1 N–H and O–H groups in total. The Kier molecular flexibility index (Phi) is 3.19. The summed E-state index contributed by atoms with van der Waals surface area (Å²) in [5.74, 6) is -0.731. The van der Waals surface area contributed by atoms with Gasteiger partial charge in [-0.3, -0.25) is 9.59 Å². The number of carboxylic acids is 1. The maximum absolute atomic E-state index is 11.9. The molecule has 1 fully saturated rings. The Morgan fingerprint density at radius 1 is 1.59 bits per heavy atom. The van der Waals surface area contributed by atoms with Crippen molar-refractivity contribution in [1.82, 2.24) is 4.90 Å². The summed E-state index contributed by atoms with van der Waals surface area (Å²) in [5.41, 5.74) is 1.23. The topological polar surface area (TPSA) is 57.6 Å². The molecule has 1 aromatic heterocycles. The normalized spacial score (nSPS) is 22.2. The van der Waals surface area contributed by atoms with E-state index in [-0.39, 0.29) is 18.4 Å². The van der Waals surface area contributed by atoms with Gasteiger partial charge < -0.3 is 10.0 Å². The van der Waals surface area contributed by atoms with E-state index in [4.69, 9.17) is 5.11 Å². The minimum absolute atomic E-state index is 0.0169. The molecule has 1 aromatic rings. The Morgan fingerprint density at radius 2 is 2.29 bits per heavy atom. The van der Waals surface area contributed by atoms with Crippen molar-refractivity contribution in [3.8, 4) is 0 Å². The highest BCUT2D eigenvalue weighted by atomic mass is 32.1. The number of carbonyl (C=O) groups excluding carboxylic acids is 1. The molecule has 0 saturated heterocycles. The summed E-state index contributed by atoms with van der Waals surface area (Å²) in [6.07, 6.45) is 0.851. The second kappa shape index (κ2) is 4.49. The van der Waals surface area contributed by atoms with Crippen molar-refractivity contribution in [3.05, 3.63) is 21.9 Å². The maximum Gasteiger partial charge on any atom is 0.323 e. The molecule has 0 bridgehead atoms. The van der Waals surface area contributed by atoms with Crippen LogP contribution in [0.2, 0.25) is 0 Å². The molecule has 0 aromatic carbocycles. The quantitative estimate of drug-likeness (QED) is 0.888. The lowest BCUT2D eigenvalue weighted by Crippen LogP contribution is -2.33. The van der Waals surface area contributed by atoms with E-state index in [9.17, 15) is 9.59 Å². The van der Waals surface area contributed by atoms with Crippen molar-refractivity contribution < 1.29 is 14.7 Å². The summed E-state index contributed by atoms with van der Waals surface area (Å²) in [6.45, 7) is 1.83. The monoisotopic (exact) mass is 253 g/mol. The second-order valence-corrected chi connectivity index (χ2v) is 5.45. The molecule has 0 aliphatic heterocycles. The fourth-order valence-corrected chi connectivity index (χ4v) is 3.19. The average Bonchev–Trinajstić information content (AvgIpc) is 2.92. The van der Waals surface area contributed by atoms with E-state index < -0.39 is 5.97 Å². The third kappa shape index (κ3) is 2.49. The number of aryl methyl sites for hydroxylation is 1. The van der Waals surface area contributed by atoms with E-state index in [2.05, 4.69) is 6.07 Å². The van der Waals surface area contributed by atoms with Gasteiger partial charge in [0.15, 0.2) is 0 Å². The van der Waals surface area contributed by atoms with Crippen LogP contribution in [0.25, 0.3) is 0 Å². The van der Waals surface area contributed by atoms with Crippen LogP contribution in [0.4, 0.5) is 0 Å². The van der Waals surface area contributed by atoms with E-state index in [1.165, 1.54) is 15.3 Å². The zero-order valence-electron chi connectivity index (χ0n) is 9.84. The standard InChI is InChI=1S/C12H15NO3S/c1-7-3-4-17-11(7)8-5-9(8)12(16)13(2)6-10(14)15/h3-4,8-9H,5-6H2,1-2H3,(H,14,15)/t8-,9+/m1/s1. The van der Waals surface area contributed by atoms with Gasteiger partial charge in [-0.05, 0) is 30.4 Å². The highest BCUT2D eigenvalue weighted by Gasteiger charge is 2.46. The first-order valence-electron chi connectivity index (χ1n) is 5.51. The lowest BCUT2D eigenvalue weighted by Gasteiger charge is -2.14. The second-order valence-electron chi connectivity index (χ2n) is 4.50. The summed E-state index contributed by atoms with van der Waals surface area (Å²) in [7, 11) is 1.55. The third-order valence-corrected chi connectivity index (χ3v) is 4.25.